The van der Waals surface area contributed by atoms with Gasteiger partial charge in [-0.05, 0) is 31.3 Å². The number of ketones is 1. The van der Waals surface area contributed by atoms with Crippen LogP contribution in [0.15, 0.2) is 36.4 Å². The molecule has 0 spiro atoms. The van der Waals surface area contributed by atoms with Crippen molar-refractivity contribution in [3.63, 3.8) is 0 Å². The third kappa shape index (κ3) is 3.00. The molecule has 5 heteroatoms. The fourth-order valence-corrected chi connectivity index (χ4v) is 4.55. The Morgan fingerprint density at radius 3 is 2.57 bits per heavy atom. The van der Waals surface area contributed by atoms with Crippen molar-refractivity contribution in [2.45, 2.75) is 33.1 Å². The van der Waals surface area contributed by atoms with Crippen molar-refractivity contribution < 1.29 is 9.53 Å². The standard InChI is InChI=1S/C25H27N3O2/c1-5-28(6-2)13-14-30-23-16(15-26)11-12-18-21(23)25(3,4)24-20(22(18)29)17-9-7-8-10-19(17)27-24/h7-12,27H,5-6,13-14H2,1-4H3. The van der Waals surface area contributed by atoms with Crippen molar-refractivity contribution in [2.24, 2.45) is 0 Å². The van der Waals surface area contributed by atoms with Crippen LogP contribution in [0, 0.1) is 11.3 Å². The molecule has 0 saturated carbocycles. The van der Waals surface area contributed by atoms with Crippen LogP contribution in [0.5, 0.6) is 5.75 Å². The third-order valence-corrected chi connectivity index (χ3v) is 6.25. The van der Waals surface area contributed by atoms with Crippen LogP contribution in [-0.2, 0) is 5.41 Å². The van der Waals surface area contributed by atoms with Crippen LogP contribution < -0.4 is 4.74 Å². The van der Waals surface area contributed by atoms with Gasteiger partial charge in [0.2, 0.25) is 0 Å². The van der Waals surface area contributed by atoms with E-state index < -0.39 is 5.41 Å². The maximum absolute atomic E-state index is 13.5. The molecule has 1 N–H and O–H groups in total. The van der Waals surface area contributed by atoms with Crippen molar-refractivity contribution in [1.29, 1.82) is 5.26 Å². The van der Waals surface area contributed by atoms with Crippen LogP contribution in [0.3, 0.4) is 0 Å². The number of aromatic nitrogens is 1. The Kier molecular flexibility index (Phi) is 5.13. The Labute approximate surface area is 177 Å². The number of benzene rings is 2. The lowest BCUT2D eigenvalue weighted by Gasteiger charge is -2.34. The highest BCUT2D eigenvalue weighted by atomic mass is 16.5. The van der Waals surface area contributed by atoms with Crippen LogP contribution in [0.1, 0.15) is 60.4 Å². The molecule has 0 bridgehead atoms. The topological polar surface area (TPSA) is 69.1 Å². The number of fused-ring (bicyclic) bond motifs is 4. The Balaban J connectivity index is 1.85. The average Bonchev–Trinajstić information content (AvgIpc) is 3.16. The van der Waals surface area contributed by atoms with Gasteiger partial charge in [0.15, 0.2) is 5.78 Å². The highest BCUT2D eigenvalue weighted by Crippen LogP contribution is 2.48. The molecule has 4 rings (SSSR count). The van der Waals surface area contributed by atoms with Gasteiger partial charge in [-0.15, -0.1) is 0 Å². The summed E-state index contributed by atoms with van der Waals surface area (Å²) in [6, 6.07) is 13.6. The molecule has 0 amide bonds. The van der Waals surface area contributed by atoms with Gasteiger partial charge in [-0.1, -0.05) is 45.9 Å². The summed E-state index contributed by atoms with van der Waals surface area (Å²) in [5.74, 6) is 0.514. The number of nitriles is 1. The monoisotopic (exact) mass is 401 g/mol. The summed E-state index contributed by atoms with van der Waals surface area (Å²) >= 11 is 0. The van der Waals surface area contributed by atoms with Gasteiger partial charge in [0.1, 0.15) is 18.4 Å². The molecule has 0 atom stereocenters. The molecule has 0 unspecified atom stereocenters. The molecule has 0 aliphatic heterocycles. The molecule has 0 saturated heterocycles. The largest absolute Gasteiger partial charge is 0.491 e. The van der Waals surface area contributed by atoms with Crippen molar-refractivity contribution in [1.82, 2.24) is 9.88 Å². The molecular formula is C25H27N3O2. The van der Waals surface area contributed by atoms with Gasteiger partial charge in [0, 0.05) is 39.7 Å². The van der Waals surface area contributed by atoms with E-state index in [0.717, 1.165) is 47.4 Å². The lowest BCUT2D eigenvalue weighted by atomic mass is 9.70. The molecule has 2 aromatic carbocycles. The van der Waals surface area contributed by atoms with Crippen molar-refractivity contribution in [3.05, 3.63) is 64.3 Å². The fourth-order valence-electron chi connectivity index (χ4n) is 4.55. The predicted octanol–water partition coefficient (Wildman–Crippen LogP) is 4.63. The molecule has 30 heavy (non-hydrogen) atoms. The molecule has 0 fully saturated rings. The van der Waals surface area contributed by atoms with E-state index in [1.54, 1.807) is 12.1 Å². The zero-order chi connectivity index (χ0) is 21.5. The molecule has 3 aromatic rings. The third-order valence-electron chi connectivity index (χ3n) is 6.25. The first-order valence-electron chi connectivity index (χ1n) is 10.5. The number of nitrogens with zero attached hydrogens (tertiary/aromatic N) is 2. The number of ether oxygens (including phenoxy) is 1. The number of para-hydroxylation sites is 1. The highest BCUT2D eigenvalue weighted by molar-refractivity contribution is 6.20. The van der Waals surface area contributed by atoms with Crippen molar-refractivity contribution in [2.75, 3.05) is 26.2 Å². The molecule has 5 nitrogen and oxygen atoms in total. The number of aromatic amines is 1. The molecule has 1 aliphatic carbocycles. The summed E-state index contributed by atoms with van der Waals surface area (Å²) in [5, 5.41) is 10.7. The van der Waals surface area contributed by atoms with Gasteiger partial charge in [-0.25, -0.2) is 0 Å². The number of carbonyl (C=O) groups is 1. The molecule has 1 heterocycles. The van der Waals surface area contributed by atoms with Gasteiger partial charge in [0.05, 0.1) is 11.1 Å². The van der Waals surface area contributed by atoms with Crippen molar-refractivity contribution >= 4 is 16.7 Å². The van der Waals surface area contributed by atoms with Gasteiger partial charge in [-0.2, -0.15) is 5.26 Å². The Morgan fingerprint density at radius 2 is 1.87 bits per heavy atom. The molecular weight excluding hydrogens is 374 g/mol. The van der Waals surface area contributed by atoms with E-state index in [-0.39, 0.29) is 5.78 Å². The summed E-state index contributed by atoms with van der Waals surface area (Å²) in [4.78, 5) is 19.3. The zero-order valence-electron chi connectivity index (χ0n) is 18.0. The Hall–Kier alpha value is -3.10. The van der Waals surface area contributed by atoms with E-state index in [1.807, 2.05) is 24.3 Å². The van der Waals surface area contributed by atoms with E-state index in [4.69, 9.17) is 4.74 Å². The van der Waals surface area contributed by atoms with Gasteiger partial charge < -0.3 is 14.6 Å². The summed E-state index contributed by atoms with van der Waals surface area (Å²) in [5.41, 5.74) is 3.93. The predicted molar refractivity (Wildman–Crippen MR) is 118 cm³/mol. The van der Waals surface area contributed by atoms with Gasteiger partial charge in [-0.3, -0.25) is 4.79 Å². The Bertz CT molecular complexity index is 1160. The molecule has 1 aromatic heterocycles. The van der Waals surface area contributed by atoms with E-state index >= 15 is 0 Å². The number of carbonyl (C=O) groups excluding carboxylic acids is 1. The normalized spacial score (nSPS) is 14.5. The minimum Gasteiger partial charge on any atom is -0.491 e. The molecule has 1 aliphatic rings. The van der Waals surface area contributed by atoms with E-state index in [1.165, 1.54) is 0 Å². The number of nitrogens with one attached hydrogen (secondary N) is 1. The van der Waals surface area contributed by atoms with E-state index in [0.29, 0.717) is 23.5 Å². The minimum absolute atomic E-state index is 0.0187. The first-order valence-corrected chi connectivity index (χ1v) is 10.5. The number of H-pyrrole nitrogens is 1. The summed E-state index contributed by atoms with van der Waals surface area (Å²) in [7, 11) is 0. The van der Waals surface area contributed by atoms with Crippen molar-refractivity contribution in [3.8, 4) is 11.8 Å². The molecule has 0 radical (unpaired) electrons. The number of hydrogen-bond donors (Lipinski definition) is 1. The lowest BCUT2D eigenvalue weighted by Crippen LogP contribution is -2.32. The quantitative estimate of drug-likeness (QED) is 0.654. The first-order chi connectivity index (χ1) is 14.4. The second-order valence-corrected chi connectivity index (χ2v) is 8.23. The van der Waals surface area contributed by atoms with Gasteiger partial charge in [0.25, 0.3) is 0 Å². The van der Waals surface area contributed by atoms with Crippen LogP contribution in [0.25, 0.3) is 10.9 Å². The minimum atomic E-state index is -0.505. The smallest absolute Gasteiger partial charge is 0.195 e. The van der Waals surface area contributed by atoms with E-state index in [9.17, 15) is 10.1 Å². The highest BCUT2D eigenvalue weighted by Gasteiger charge is 2.42. The second-order valence-electron chi connectivity index (χ2n) is 8.23. The SMILES string of the molecule is CCN(CC)CCOc1c(C#N)ccc2c1C(C)(C)c1[nH]c3ccccc3c1C2=O. The number of likely N-dealkylation sites (N-methyl/N-ethyl adjacent to an activating group) is 1. The Morgan fingerprint density at radius 1 is 1.13 bits per heavy atom. The fraction of sp³-hybridized carbons (Fsp3) is 0.360. The first kappa shape index (κ1) is 20.2. The maximum atomic E-state index is 13.5. The summed E-state index contributed by atoms with van der Waals surface area (Å²) in [6.07, 6.45) is 0. The van der Waals surface area contributed by atoms with Crippen LogP contribution in [0.2, 0.25) is 0 Å². The van der Waals surface area contributed by atoms with Crippen LogP contribution in [-0.4, -0.2) is 41.9 Å². The van der Waals surface area contributed by atoms with Crippen LogP contribution in [0.4, 0.5) is 0 Å². The summed E-state index contributed by atoms with van der Waals surface area (Å²) in [6.45, 7) is 11.5. The summed E-state index contributed by atoms with van der Waals surface area (Å²) < 4.78 is 6.20. The second kappa shape index (κ2) is 7.62. The van der Waals surface area contributed by atoms with Gasteiger partial charge >= 0.3 is 0 Å². The van der Waals surface area contributed by atoms with Crippen LogP contribution >= 0.6 is 0 Å². The maximum Gasteiger partial charge on any atom is 0.195 e. The number of hydrogen-bond acceptors (Lipinski definition) is 4. The average molecular weight is 402 g/mol. The lowest BCUT2D eigenvalue weighted by molar-refractivity contribution is 0.103. The number of rotatable bonds is 6. The zero-order valence-corrected chi connectivity index (χ0v) is 18.0. The molecule has 154 valence electrons. The van der Waals surface area contributed by atoms with E-state index in [2.05, 4.69) is 43.6 Å².